The van der Waals surface area contributed by atoms with Gasteiger partial charge in [-0.3, -0.25) is 9.59 Å². The number of hydrogen-bond donors (Lipinski definition) is 3. The number of carbonyl (C=O) groups excluding carboxylic acids is 2. The number of aliphatic hydroxyl groups excluding tert-OH is 1. The van der Waals surface area contributed by atoms with Crippen LogP contribution in [0.5, 0.6) is 11.5 Å². The summed E-state index contributed by atoms with van der Waals surface area (Å²) in [6.45, 7) is 0. The maximum atomic E-state index is 12.5. The molecule has 3 rings (SSSR count). The number of nitrogens with one attached hydrogen (secondary N) is 1. The van der Waals surface area contributed by atoms with Crippen LogP contribution >= 0.6 is 0 Å². The molecule has 3 N–H and O–H groups in total. The van der Waals surface area contributed by atoms with E-state index in [1.54, 1.807) is 0 Å². The summed E-state index contributed by atoms with van der Waals surface area (Å²) in [5.74, 6) is -0.842. The number of anilines is 1. The van der Waals surface area contributed by atoms with Crippen molar-refractivity contribution < 1.29 is 24.5 Å². The van der Waals surface area contributed by atoms with Crippen LogP contribution in [0.2, 0.25) is 0 Å². The molecule has 2 heterocycles. The van der Waals surface area contributed by atoms with Gasteiger partial charge in [0.1, 0.15) is 12.3 Å². The number of nitrogens with zero attached hydrogens (tertiary/aromatic N) is 1. The van der Waals surface area contributed by atoms with Gasteiger partial charge in [0.15, 0.2) is 11.5 Å². The number of ether oxygens (including phenoxy) is 1. The summed E-state index contributed by atoms with van der Waals surface area (Å²) >= 11 is 0. The second-order valence-electron chi connectivity index (χ2n) is 4.85. The monoisotopic (exact) mass is 278 g/mol. The van der Waals surface area contributed by atoms with Gasteiger partial charge < -0.3 is 25.2 Å². The third-order valence-corrected chi connectivity index (χ3v) is 3.70. The van der Waals surface area contributed by atoms with Gasteiger partial charge in [-0.05, 0) is 18.9 Å². The van der Waals surface area contributed by atoms with Crippen LogP contribution in [0.25, 0.3) is 0 Å². The van der Waals surface area contributed by atoms with Crippen molar-refractivity contribution in [3.05, 3.63) is 17.7 Å². The maximum Gasteiger partial charge on any atom is 0.258 e. The number of rotatable bonds is 1. The highest BCUT2D eigenvalue weighted by molar-refractivity contribution is 6.10. The predicted octanol–water partition coefficient (Wildman–Crippen LogP) is 0.276. The smallest absolute Gasteiger partial charge is 0.258 e. The van der Waals surface area contributed by atoms with Crippen molar-refractivity contribution in [3.63, 3.8) is 0 Å². The molecule has 2 atom stereocenters. The van der Waals surface area contributed by atoms with E-state index in [-0.39, 0.29) is 28.7 Å². The molecule has 106 valence electrons. The van der Waals surface area contributed by atoms with E-state index in [4.69, 9.17) is 4.74 Å². The molecule has 2 aliphatic rings. The third kappa shape index (κ3) is 1.70. The van der Waals surface area contributed by atoms with Crippen LogP contribution in [-0.4, -0.2) is 46.3 Å². The lowest BCUT2D eigenvalue weighted by Crippen LogP contribution is -2.44. The average molecular weight is 278 g/mol. The summed E-state index contributed by atoms with van der Waals surface area (Å²) in [4.78, 5) is 25.8. The van der Waals surface area contributed by atoms with Crippen molar-refractivity contribution in [2.75, 3.05) is 12.4 Å². The lowest BCUT2D eigenvalue weighted by molar-refractivity contribution is -0.121. The molecule has 0 aromatic heterocycles. The summed E-state index contributed by atoms with van der Waals surface area (Å²) in [6.07, 6.45) is -0.187. The van der Waals surface area contributed by atoms with Gasteiger partial charge in [0, 0.05) is 6.07 Å². The van der Waals surface area contributed by atoms with Crippen LogP contribution in [0.4, 0.5) is 5.69 Å². The fraction of sp³-hybridized carbons (Fsp3) is 0.385. The van der Waals surface area contributed by atoms with Gasteiger partial charge in [-0.1, -0.05) is 0 Å². The standard InChI is InChI=1S/C13H14N2O5/c1-20-10-4-6-7(5-9(10)16)14-12(18)8-2-3-11(17)15(8)13(6)19/h4-5,8,11,16-17H,2-3H2,1H3,(H,14,18)/t8-,11-/m0/s1. The second-order valence-corrected chi connectivity index (χ2v) is 4.85. The number of fused-ring (bicyclic) bond motifs is 2. The van der Waals surface area contributed by atoms with E-state index >= 15 is 0 Å². The molecule has 1 aromatic carbocycles. The number of amides is 2. The quantitative estimate of drug-likeness (QED) is 0.685. The Bertz CT molecular complexity index is 601. The molecule has 1 saturated heterocycles. The Hall–Kier alpha value is -2.28. The Morgan fingerprint density at radius 3 is 2.80 bits per heavy atom. The summed E-state index contributed by atoms with van der Waals surface area (Å²) in [5.41, 5.74) is 0.413. The van der Waals surface area contributed by atoms with Crippen molar-refractivity contribution >= 4 is 17.5 Å². The van der Waals surface area contributed by atoms with Crippen LogP contribution < -0.4 is 10.1 Å². The van der Waals surface area contributed by atoms with E-state index in [1.165, 1.54) is 24.1 Å². The lowest BCUT2D eigenvalue weighted by atomic mass is 10.1. The average Bonchev–Trinajstić information content (AvgIpc) is 2.75. The van der Waals surface area contributed by atoms with E-state index in [9.17, 15) is 19.8 Å². The fourth-order valence-electron chi connectivity index (χ4n) is 2.69. The van der Waals surface area contributed by atoms with E-state index in [1.807, 2.05) is 0 Å². The highest BCUT2D eigenvalue weighted by Gasteiger charge is 2.43. The predicted molar refractivity (Wildman–Crippen MR) is 68.5 cm³/mol. The number of phenolic OH excluding ortho intramolecular Hbond substituents is 1. The Morgan fingerprint density at radius 2 is 2.10 bits per heavy atom. The number of aliphatic hydroxyl groups is 1. The summed E-state index contributed by atoms with van der Waals surface area (Å²) in [7, 11) is 1.37. The summed E-state index contributed by atoms with van der Waals surface area (Å²) < 4.78 is 4.97. The fourth-order valence-corrected chi connectivity index (χ4v) is 2.69. The Labute approximate surface area is 114 Å². The van der Waals surface area contributed by atoms with Crippen LogP contribution in [-0.2, 0) is 4.79 Å². The number of benzene rings is 1. The molecule has 2 aliphatic heterocycles. The Balaban J connectivity index is 2.14. The molecule has 7 nitrogen and oxygen atoms in total. The van der Waals surface area contributed by atoms with E-state index in [0.29, 0.717) is 12.8 Å². The first kappa shape index (κ1) is 12.7. The van der Waals surface area contributed by atoms with Crippen LogP contribution in [0, 0.1) is 0 Å². The highest BCUT2D eigenvalue weighted by Crippen LogP contribution is 2.37. The molecular formula is C13H14N2O5. The zero-order valence-electron chi connectivity index (χ0n) is 10.8. The minimum Gasteiger partial charge on any atom is -0.504 e. The second kappa shape index (κ2) is 4.38. The zero-order valence-corrected chi connectivity index (χ0v) is 10.8. The van der Waals surface area contributed by atoms with Gasteiger partial charge in [0.25, 0.3) is 5.91 Å². The third-order valence-electron chi connectivity index (χ3n) is 3.70. The van der Waals surface area contributed by atoms with Gasteiger partial charge in [0.2, 0.25) is 5.91 Å². The molecule has 0 radical (unpaired) electrons. The Kier molecular flexibility index (Phi) is 2.79. The number of methoxy groups -OCH3 is 1. The molecule has 1 aromatic rings. The lowest BCUT2D eigenvalue weighted by Gasteiger charge is -2.23. The molecule has 1 fully saturated rings. The van der Waals surface area contributed by atoms with Gasteiger partial charge >= 0.3 is 0 Å². The molecule has 20 heavy (non-hydrogen) atoms. The molecular weight excluding hydrogens is 264 g/mol. The number of phenols is 1. The van der Waals surface area contributed by atoms with Gasteiger partial charge in [-0.2, -0.15) is 0 Å². The molecule has 0 bridgehead atoms. The Morgan fingerprint density at radius 1 is 1.35 bits per heavy atom. The van der Waals surface area contributed by atoms with E-state index in [0.717, 1.165) is 0 Å². The largest absolute Gasteiger partial charge is 0.504 e. The normalized spacial score (nSPS) is 24.8. The number of hydrogen-bond acceptors (Lipinski definition) is 5. The molecule has 0 unspecified atom stereocenters. The van der Waals surface area contributed by atoms with E-state index in [2.05, 4.69) is 5.32 Å². The number of aromatic hydroxyl groups is 1. The van der Waals surface area contributed by atoms with Gasteiger partial charge in [-0.15, -0.1) is 0 Å². The summed E-state index contributed by atoms with van der Waals surface area (Å²) in [5, 5.41) is 22.2. The first-order valence-corrected chi connectivity index (χ1v) is 6.25. The van der Waals surface area contributed by atoms with Crippen LogP contribution in [0.15, 0.2) is 12.1 Å². The molecule has 0 saturated carbocycles. The van der Waals surface area contributed by atoms with Crippen molar-refractivity contribution in [2.45, 2.75) is 25.1 Å². The first-order valence-electron chi connectivity index (χ1n) is 6.25. The summed E-state index contributed by atoms with van der Waals surface area (Å²) in [6, 6.07) is 1.96. The zero-order chi connectivity index (χ0) is 14.4. The van der Waals surface area contributed by atoms with Crippen molar-refractivity contribution in [1.29, 1.82) is 0 Å². The van der Waals surface area contributed by atoms with Gasteiger partial charge in [0.05, 0.1) is 18.4 Å². The minimum absolute atomic E-state index is 0.137. The maximum absolute atomic E-state index is 12.5. The highest BCUT2D eigenvalue weighted by atomic mass is 16.5. The van der Waals surface area contributed by atoms with Crippen molar-refractivity contribution in [3.8, 4) is 11.5 Å². The SMILES string of the molecule is COc1cc2c(cc1O)NC(=O)[C@@H]1CC[C@H](O)N1C2=O. The molecule has 0 spiro atoms. The molecule has 2 amide bonds. The number of carbonyl (C=O) groups is 2. The molecule has 7 heteroatoms. The molecule has 0 aliphatic carbocycles. The minimum atomic E-state index is -0.969. The van der Waals surface area contributed by atoms with Gasteiger partial charge in [-0.25, -0.2) is 0 Å². The first-order chi connectivity index (χ1) is 9.52. The van der Waals surface area contributed by atoms with Crippen molar-refractivity contribution in [2.24, 2.45) is 0 Å². The topological polar surface area (TPSA) is 99.1 Å². The van der Waals surface area contributed by atoms with Crippen molar-refractivity contribution in [1.82, 2.24) is 4.90 Å². The van der Waals surface area contributed by atoms with Crippen LogP contribution in [0.3, 0.4) is 0 Å². The van der Waals surface area contributed by atoms with Crippen LogP contribution in [0.1, 0.15) is 23.2 Å². The van der Waals surface area contributed by atoms with E-state index < -0.39 is 18.2 Å².